The molecule has 1 aromatic rings. The maximum atomic E-state index is 5.56. The van der Waals surface area contributed by atoms with Gasteiger partial charge in [0.1, 0.15) is 0 Å². The Hall–Kier alpha value is -0.740. The maximum absolute atomic E-state index is 5.56. The van der Waals surface area contributed by atoms with Crippen LogP contribution in [0.1, 0.15) is 19.4 Å². The fraction of sp³-hybridized carbons (Fsp3) is 0.500. The van der Waals surface area contributed by atoms with E-state index in [1.807, 2.05) is 26.0 Å². The van der Waals surface area contributed by atoms with Crippen molar-refractivity contribution in [1.82, 2.24) is 0 Å². The molecule has 0 atom stereocenters. The number of nitrogens with two attached hydrogens (primary N) is 1. The van der Waals surface area contributed by atoms with E-state index in [0.29, 0.717) is 19.8 Å². The van der Waals surface area contributed by atoms with Crippen LogP contribution in [0.3, 0.4) is 0 Å². The summed E-state index contributed by atoms with van der Waals surface area (Å²) in [4.78, 5) is 0. The predicted molar refractivity (Wildman–Crippen MR) is 69.2 cm³/mol. The van der Waals surface area contributed by atoms with Crippen LogP contribution < -0.4 is 15.2 Å². The van der Waals surface area contributed by atoms with Crippen molar-refractivity contribution >= 4 is 15.9 Å². The van der Waals surface area contributed by atoms with Crippen LogP contribution in [-0.2, 0) is 6.42 Å². The second kappa shape index (κ2) is 6.76. The minimum absolute atomic E-state index is 0.623. The minimum Gasteiger partial charge on any atom is -0.490 e. The molecular formula is C12H18BrNO2. The smallest absolute Gasteiger partial charge is 0.162 e. The van der Waals surface area contributed by atoms with E-state index in [9.17, 15) is 0 Å². The second-order valence-corrected chi connectivity index (χ2v) is 4.15. The number of rotatable bonds is 6. The van der Waals surface area contributed by atoms with Crippen LogP contribution in [0, 0.1) is 0 Å². The molecule has 0 aliphatic rings. The summed E-state index contributed by atoms with van der Waals surface area (Å²) in [5.74, 6) is 1.56. The first kappa shape index (κ1) is 13.3. The van der Waals surface area contributed by atoms with Gasteiger partial charge in [-0.2, -0.15) is 0 Å². The Balaban J connectivity index is 3.03. The predicted octanol–water partition coefficient (Wildman–Crippen LogP) is 2.75. The molecule has 0 fully saturated rings. The Kier molecular flexibility index (Phi) is 5.63. The van der Waals surface area contributed by atoms with E-state index in [-0.39, 0.29) is 0 Å². The van der Waals surface area contributed by atoms with Crippen LogP contribution >= 0.6 is 15.9 Å². The minimum atomic E-state index is 0.623. The van der Waals surface area contributed by atoms with E-state index in [2.05, 4.69) is 15.9 Å². The van der Waals surface area contributed by atoms with Gasteiger partial charge in [-0.05, 0) is 44.5 Å². The van der Waals surface area contributed by atoms with Gasteiger partial charge >= 0.3 is 0 Å². The first-order valence-corrected chi connectivity index (χ1v) is 6.30. The zero-order valence-corrected chi connectivity index (χ0v) is 11.3. The molecule has 0 aliphatic carbocycles. The Morgan fingerprint density at radius 3 is 2.19 bits per heavy atom. The molecule has 2 N–H and O–H groups in total. The van der Waals surface area contributed by atoms with Gasteiger partial charge in [0.05, 0.1) is 13.2 Å². The molecule has 0 aromatic heterocycles. The molecule has 0 spiro atoms. The molecular weight excluding hydrogens is 270 g/mol. The Morgan fingerprint density at radius 2 is 1.69 bits per heavy atom. The molecule has 0 radical (unpaired) electrons. The summed E-state index contributed by atoms with van der Waals surface area (Å²) in [6, 6.07) is 3.94. The van der Waals surface area contributed by atoms with Gasteiger partial charge in [0.25, 0.3) is 0 Å². The summed E-state index contributed by atoms with van der Waals surface area (Å²) < 4.78 is 12.1. The molecule has 0 heterocycles. The number of ether oxygens (including phenoxy) is 2. The van der Waals surface area contributed by atoms with E-state index in [4.69, 9.17) is 15.2 Å². The third-order valence-electron chi connectivity index (χ3n) is 2.13. The average Bonchev–Trinajstić information content (AvgIpc) is 2.25. The SMILES string of the molecule is CCOc1cc(Br)c(CCN)cc1OCC. The fourth-order valence-electron chi connectivity index (χ4n) is 1.46. The molecule has 0 aliphatic heterocycles. The molecule has 90 valence electrons. The van der Waals surface area contributed by atoms with E-state index >= 15 is 0 Å². The first-order chi connectivity index (χ1) is 7.72. The lowest BCUT2D eigenvalue weighted by molar-refractivity contribution is 0.287. The van der Waals surface area contributed by atoms with Crippen molar-refractivity contribution in [3.05, 3.63) is 22.2 Å². The number of benzene rings is 1. The van der Waals surface area contributed by atoms with Gasteiger partial charge in [-0.15, -0.1) is 0 Å². The highest BCUT2D eigenvalue weighted by Crippen LogP contribution is 2.33. The second-order valence-electron chi connectivity index (χ2n) is 3.30. The normalized spacial score (nSPS) is 10.2. The fourth-order valence-corrected chi connectivity index (χ4v) is 1.98. The Morgan fingerprint density at radius 1 is 1.12 bits per heavy atom. The summed E-state index contributed by atoms with van der Waals surface area (Å²) >= 11 is 3.51. The van der Waals surface area contributed by atoms with Gasteiger partial charge in [0.15, 0.2) is 11.5 Å². The highest BCUT2D eigenvalue weighted by molar-refractivity contribution is 9.10. The van der Waals surface area contributed by atoms with Gasteiger partial charge in [-0.25, -0.2) is 0 Å². The molecule has 0 unspecified atom stereocenters. The zero-order chi connectivity index (χ0) is 12.0. The zero-order valence-electron chi connectivity index (χ0n) is 9.75. The van der Waals surface area contributed by atoms with Gasteiger partial charge < -0.3 is 15.2 Å². The molecule has 0 saturated heterocycles. The molecule has 3 nitrogen and oxygen atoms in total. The molecule has 0 amide bonds. The van der Waals surface area contributed by atoms with Gasteiger partial charge in [0.2, 0.25) is 0 Å². The van der Waals surface area contributed by atoms with Gasteiger partial charge in [-0.1, -0.05) is 15.9 Å². The van der Waals surface area contributed by atoms with Crippen molar-refractivity contribution in [3.8, 4) is 11.5 Å². The first-order valence-electron chi connectivity index (χ1n) is 5.51. The average molecular weight is 288 g/mol. The molecule has 4 heteroatoms. The Bertz CT molecular complexity index is 342. The highest BCUT2D eigenvalue weighted by Gasteiger charge is 2.09. The lowest BCUT2D eigenvalue weighted by Gasteiger charge is -2.13. The molecule has 0 bridgehead atoms. The topological polar surface area (TPSA) is 44.5 Å². The van der Waals surface area contributed by atoms with E-state index in [1.54, 1.807) is 0 Å². The van der Waals surface area contributed by atoms with Crippen molar-refractivity contribution < 1.29 is 9.47 Å². The number of hydrogen-bond donors (Lipinski definition) is 1. The third-order valence-corrected chi connectivity index (χ3v) is 2.86. The van der Waals surface area contributed by atoms with Crippen LogP contribution in [0.4, 0.5) is 0 Å². The molecule has 0 saturated carbocycles. The quantitative estimate of drug-likeness (QED) is 0.875. The lowest BCUT2D eigenvalue weighted by atomic mass is 10.1. The monoisotopic (exact) mass is 287 g/mol. The van der Waals surface area contributed by atoms with Crippen molar-refractivity contribution in [2.75, 3.05) is 19.8 Å². The third kappa shape index (κ3) is 3.39. The summed E-state index contributed by atoms with van der Waals surface area (Å²) in [6.07, 6.45) is 0.826. The standard InChI is InChI=1S/C12H18BrNO2/c1-3-15-11-7-9(5-6-14)10(13)8-12(11)16-4-2/h7-8H,3-6,14H2,1-2H3. The van der Waals surface area contributed by atoms with Crippen molar-refractivity contribution in [2.24, 2.45) is 5.73 Å². The Labute approximate surface area is 105 Å². The summed E-state index contributed by atoms with van der Waals surface area (Å²) in [5.41, 5.74) is 6.70. The van der Waals surface area contributed by atoms with Crippen molar-refractivity contribution in [2.45, 2.75) is 20.3 Å². The van der Waals surface area contributed by atoms with E-state index < -0.39 is 0 Å². The van der Waals surface area contributed by atoms with Crippen molar-refractivity contribution in [1.29, 1.82) is 0 Å². The molecule has 1 rings (SSSR count). The summed E-state index contributed by atoms with van der Waals surface area (Å²) in [7, 11) is 0. The maximum Gasteiger partial charge on any atom is 0.162 e. The lowest BCUT2D eigenvalue weighted by Crippen LogP contribution is -2.05. The van der Waals surface area contributed by atoms with Crippen LogP contribution in [-0.4, -0.2) is 19.8 Å². The highest BCUT2D eigenvalue weighted by atomic mass is 79.9. The number of hydrogen-bond acceptors (Lipinski definition) is 3. The van der Waals surface area contributed by atoms with Crippen LogP contribution in [0.25, 0.3) is 0 Å². The van der Waals surface area contributed by atoms with Crippen LogP contribution in [0.15, 0.2) is 16.6 Å². The number of halogens is 1. The van der Waals surface area contributed by atoms with Crippen LogP contribution in [0.5, 0.6) is 11.5 Å². The summed E-state index contributed by atoms with van der Waals surface area (Å²) in [5, 5.41) is 0. The molecule has 16 heavy (non-hydrogen) atoms. The molecule has 1 aromatic carbocycles. The summed E-state index contributed by atoms with van der Waals surface area (Å²) in [6.45, 7) is 5.79. The van der Waals surface area contributed by atoms with Crippen LogP contribution in [0.2, 0.25) is 0 Å². The van der Waals surface area contributed by atoms with E-state index in [0.717, 1.165) is 28.0 Å². The van der Waals surface area contributed by atoms with Gasteiger partial charge in [0, 0.05) is 4.47 Å². The van der Waals surface area contributed by atoms with Gasteiger partial charge in [-0.3, -0.25) is 0 Å². The van der Waals surface area contributed by atoms with E-state index in [1.165, 1.54) is 0 Å². The van der Waals surface area contributed by atoms with Crippen molar-refractivity contribution in [3.63, 3.8) is 0 Å². The largest absolute Gasteiger partial charge is 0.490 e.